The van der Waals surface area contributed by atoms with Crippen LogP contribution in [0.4, 0.5) is 0 Å². The van der Waals surface area contributed by atoms with Gasteiger partial charge in [0.2, 0.25) is 4.34 Å². The number of benzene rings is 1. The second-order valence-electron chi connectivity index (χ2n) is 4.59. The summed E-state index contributed by atoms with van der Waals surface area (Å²) in [7, 11) is -3.49. The van der Waals surface area contributed by atoms with E-state index in [0.29, 0.717) is 0 Å². The molecular formula is C12H16ClN3O2S2. The molecule has 1 fully saturated rings. The number of piperidine rings is 1. The number of fused-ring (bicyclic) bond motifs is 1. The lowest BCUT2D eigenvalue weighted by molar-refractivity contribution is 0.427. The van der Waals surface area contributed by atoms with Crippen molar-refractivity contribution in [3.63, 3.8) is 0 Å². The Balaban J connectivity index is 0.00000147. The molecule has 0 amide bonds. The standard InChI is InChI=1S/C12H15N3O2S2.ClH/c16-19(17,15-9-5-7-13-8-6-9)12-14-10-3-1-2-4-11(10)18-12;/h1-4,9,13,15H,5-8H2;1H. The van der Waals surface area contributed by atoms with Gasteiger partial charge in [-0.15, -0.1) is 23.7 Å². The minimum absolute atomic E-state index is 0. The summed E-state index contributed by atoms with van der Waals surface area (Å²) in [6, 6.07) is 7.47. The Labute approximate surface area is 128 Å². The van der Waals surface area contributed by atoms with Crippen LogP contribution in [-0.2, 0) is 10.0 Å². The highest BCUT2D eigenvalue weighted by Gasteiger charge is 2.24. The van der Waals surface area contributed by atoms with Crippen molar-refractivity contribution in [2.45, 2.75) is 23.2 Å². The molecule has 2 N–H and O–H groups in total. The third-order valence-corrected chi connectivity index (χ3v) is 6.10. The lowest BCUT2D eigenvalue weighted by Crippen LogP contribution is -2.42. The molecular weight excluding hydrogens is 318 g/mol. The molecule has 0 radical (unpaired) electrons. The van der Waals surface area contributed by atoms with Crippen LogP contribution in [0.5, 0.6) is 0 Å². The zero-order valence-electron chi connectivity index (χ0n) is 10.7. The van der Waals surface area contributed by atoms with Crippen LogP contribution in [0.1, 0.15) is 12.8 Å². The van der Waals surface area contributed by atoms with Gasteiger partial charge in [0.05, 0.1) is 10.2 Å². The Hall–Kier alpha value is -0.730. The Morgan fingerprint density at radius 2 is 1.95 bits per heavy atom. The predicted octanol–water partition coefficient (Wildman–Crippen LogP) is 1.75. The third-order valence-electron chi connectivity index (χ3n) is 3.17. The van der Waals surface area contributed by atoms with Crippen molar-refractivity contribution >= 4 is 44.0 Å². The van der Waals surface area contributed by atoms with Crippen LogP contribution in [0.3, 0.4) is 0 Å². The molecule has 1 aliphatic heterocycles. The zero-order valence-corrected chi connectivity index (χ0v) is 13.2. The summed E-state index contributed by atoms with van der Waals surface area (Å²) in [5.74, 6) is 0. The number of nitrogens with one attached hydrogen (secondary N) is 2. The molecule has 0 spiro atoms. The molecule has 2 aromatic rings. The van der Waals surface area contributed by atoms with E-state index in [1.54, 1.807) is 0 Å². The van der Waals surface area contributed by atoms with Crippen LogP contribution < -0.4 is 10.0 Å². The zero-order chi connectivity index (χ0) is 13.3. The normalized spacial score (nSPS) is 17.0. The maximum atomic E-state index is 12.3. The number of hydrogen-bond donors (Lipinski definition) is 2. The van der Waals surface area contributed by atoms with Crippen molar-refractivity contribution in [1.82, 2.24) is 15.0 Å². The van der Waals surface area contributed by atoms with Gasteiger partial charge >= 0.3 is 0 Å². The monoisotopic (exact) mass is 333 g/mol. The van der Waals surface area contributed by atoms with Crippen molar-refractivity contribution in [3.8, 4) is 0 Å². The van der Waals surface area contributed by atoms with Crippen molar-refractivity contribution in [3.05, 3.63) is 24.3 Å². The number of hydrogen-bond acceptors (Lipinski definition) is 5. The van der Waals surface area contributed by atoms with E-state index < -0.39 is 10.0 Å². The molecule has 1 aromatic carbocycles. The van der Waals surface area contributed by atoms with Crippen molar-refractivity contribution < 1.29 is 8.42 Å². The van der Waals surface area contributed by atoms with Gasteiger partial charge < -0.3 is 5.32 Å². The summed E-state index contributed by atoms with van der Waals surface area (Å²) in [4.78, 5) is 4.20. The van der Waals surface area contributed by atoms with Gasteiger partial charge in [-0.05, 0) is 38.1 Å². The van der Waals surface area contributed by atoms with Crippen molar-refractivity contribution in [2.24, 2.45) is 0 Å². The summed E-state index contributed by atoms with van der Waals surface area (Å²) in [6.07, 6.45) is 1.65. The van der Waals surface area contributed by atoms with E-state index in [1.807, 2.05) is 24.3 Å². The number of para-hydroxylation sites is 1. The molecule has 0 saturated carbocycles. The fourth-order valence-corrected chi connectivity index (χ4v) is 4.72. The van der Waals surface area contributed by atoms with Gasteiger partial charge in [-0.1, -0.05) is 12.1 Å². The Kier molecular flexibility index (Phi) is 4.98. The SMILES string of the molecule is Cl.O=S(=O)(NC1CCNCC1)c1nc2ccccc2s1. The molecule has 20 heavy (non-hydrogen) atoms. The first-order valence-electron chi connectivity index (χ1n) is 6.24. The average molecular weight is 334 g/mol. The van der Waals surface area contributed by atoms with Gasteiger partial charge in [-0.3, -0.25) is 0 Å². The second-order valence-corrected chi connectivity index (χ2v) is 7.51. The number of aromatic nitrogens is 1. The van der Waals surface area contributed by atoms with E-state index in [4.69, 9.17) is 0 Å². The highest BCUT2D eigenvalue weighted by Crippen LogP contribution is 2.25. The molecule has 0 unspecified atom stereocenters. The first kappa shape index (κ1) is 15.7. The molecule has 1 saturated heterocycles. The number of nitrogens with zero attached hydrogens (tertiary/aromatic N) is 1. The second kappa shape index (κ2) is 6.36. The van der Waals surface area contributed by atoms with Crippen LogP contribution in [-0.4, -0.2) is 32.5 Å². The van der Waals surface area contributed by atoms with E-state index in [9.17, 15) is 8.42 Å². The molecule has 8 heteroatoms. The van der Waals surface area contributed by atoms with E-state index in [2.05, 4.69) is 15.0 Å². The van der Waals surface area contributed by atoms with Gasteiger partial charge in [0.1, 0.15) is 0 Å². The Morgan fingerprint density at radius 3 is 2.65 bits per heavy atom. The van der Waals surface area contributed by atoms with Crippen LogP contribution in [0, 0.1) is 0 Å². The van der Waals surface area contributed by atoms with Crippen LogP contribution in [0.25, 0.3) is 10.2 Å². The average Bonchev–Trinajstić information content (AvgIpc) is 2.84. The highest BCUT2D eigenvalue weighted by atomic mass is 35.5. The lowest BCUT2D eigenvalue weighted by Gasteiger charge is -2.22. The fourth-order valence-electron chi connectivity index (χ4n) is 2.18. The van der Waals surface area contributed by atoms with Crippen molar-refractivity contribution in [1.29, 1.82) is 0 Å². The number of thiazole rings is 1. The molecule has 3 rings (SSSR count). The molecule has 0 bridgehead atoms. The molecule has 0 aliphatic carbocycles. The van der Waals surface area contributed by atoms with Crippen LogP contribution >= 0.6 is 23.7 Å². The van der Waals surface area contributed by atoms with Gasteiger partial charge in [-0.2, -0.15) is 0 Å². The molecule has 110 valence electrons. The maximum Gasteiger partial charge on any atom is 0.268 e. The van der Waals surface area contributed by atoms with Crippen LogP contribution in [0.2, 0.25) is 0 Å². The Bertz CT molecular complexity index is 648. The molecule has 1 aliphatic rings. The number of sulfonamides is 1. The van der Waals surface area contributed by atoms with E-state index in [0.717, 1.165) is 36.1 Å². The molecule has 1 aromatic heterocycles. The Morgan fingerprint density at radius 1 is 1.25 bits per heavy atom. The van der Waals surface area contributed by atoms with Gasteiger partial charge in [0.25, 0.3) is 10.0 Å². The lowest BCUT2D eigenvalue weighted by atomic mass is 10.1. The summed E-state index contributed by atoms with van der Waals surface area (Å²) < 4.78 is 28.4. The third kappa shape index (κ3) is 3.29. The first-order valence-corrected chi connectivity index (χ1v) is 8.54. The molecule has 5 nitrogen and oxygen atoms in total. The minimum atomic E-state index is -3.49. The van der Waals surface area contributed by atoms with Gasteiger partial charge in [0, 0.05) is 6.04 Å². The molecule has 2 heterocycles. The topological polar surface area (TPSA) is 71.1 Å². The van der Waals surface area contributed by atoms with Crippen LogP contribution in [0.15, 0.2) is 28.6 Å². The number of rotatable bonds is 3. The summed E-state index contributed by atoms with van der Waals surface area (Å²) in [6.45, 7) is 1.71. The number of halogens is 1. The fraction of sp³-hybridized carbons (Fsp3) is 0.417. The first-order chi connectivity index (χ1) is 9.15. The maximum absolute atomic E-state index is 12.3. The van der Waals surface area contributed by atoms with Gasteiger partial charge in [-0.25, -0.2) is 18.1 Å². The van der Waals surface area contributed by atoms with E-state index in [1.165, 1.54) is 11.3 Å². The van der Waals surface area contributed by atoms with Crippen molar-refractivity contribution in [2.75, 3.05) is 13.1 Å². The van der Waals surface area contributed by atoms with E-state index >= 15 is 0 Å². The van der Waals surface area contributed by atoms with E-state index in [-0.39, 0.29) is 22.8 Å². The quantitative estimate of drug-likeness (QED) is 0.897. The summed E-state index contributed by atoms with van der Waals surface area (Å²) in [5, 5.41) is 3.21. The highest BCUT2D eigenvalue weighted by molar-refractivity contribution is 7.91. The largest absolute Gasteiger partial charge is 0.317 e. The predicted molar refractivity (Wildman–Crippen MR) is 83.1 cm³/mol. The minimum Gasteiger partial charge on any atom is -0.317 e. The molecule has 0 atom stereocenters. The summed E-state index contributed by atoms with van der Waals surface area (Å²) >= 11 is 1.22. The smallest absolute Gasteiger partial charge is 0.268 e. The summed E-state index contributed by atoms with van der Waals surface area (Å²) in [5.41, 5.74) is 0.734. The van der Waals surface area contributed by atoms with Gasteiger partial charge in [0.15, 0.2) is 0 Å².